The summed E-state index contributed by atoms with van der Waals surface area (Å²) in [6.07, 6.45) is 10.4. The molecule has 1 atom stereocenters. The number of nitrogens with zero attached hydrogens (tertiary/aromatic N) is 1. The van der Waals surface area contributed by atoms with Crippen LogP contribution >= 0.6 is 15.9 Å². The Balaban J connectivity index is 2.70. The number of alkyl halides is 1. The van der Waals surface area contributed by atoms with E-state index in [0.29, 0.717) is 11.2 Å². The zero-order valence-electron chi connectivity index (χ0n) is 6.00. The first kappa shape index (κ1) is 8.29. The van der Waals surface area contributed by atoms with E-state index < -0.39 is 0 Å². The van der Waals surface area contributed by atoms with Gasteiger partial charge in [0.1, 0.15) is 0 Å². The van der Waals surface area contributed by atoms with E-state index >= 15 is 0 Å². The average molecular weight is 210 g/mol. The van der Waals surface area contributed by atoms with E-state index in [-0.39, 0.29) is 0 Å². The van der Waals surface area contributed by atoms with Gasteiger partial charge in [-0.25, -0.2) is 0 Å². The second-order valence-corrected chi connectivity index (χ2v) is 3.32. The second kappa shape index (κ2) is 4.15. The molecule has 0 amide bonds. The van der Waals surface area contributed by atoms with Crippen LogP contribution in [-0.4, -0.2) is 4.83 Å². The van der Waals surface area contributed by atoms with Crippen molar-refractivity contribution in [1.29, 1.82) is 5.26 Å². The van der Waals surface area contributed by atoms with Gasteiger partial charge in [-0.05, 0) is 5.57 Å². The quantitative estimate of drug-likeness (QED) is 0.610. The number of halogens is 1. The maximum atomic E-state index is 8.42. The molecular formula is C9H8BrN. The third-order valence-electron chi connectivity index (χ3n) is 1.38. The van der Waals surface area contributed by atoms with Crippen molar-refractivity contribution in [2.24, 2.45) is 0 Å². The SMILES string of the molecule is N#CCC1=CC=CC(Br)C=C1. The molecule has 0 bridgehead atoms. The van der Waals surface area contributed by atoms with Crippen LogP contribution in [0.5, 0.6) is 0 Å². The summed E-state index contributed by atoms with van der Waals surface area (Å²) >= 11 is 3.43. The van der Waals surface area contributed by atoms with E-state index in [2.05, 4.69) is 22.0 Å². The van der Waals surface area contributed by atoms with E-state index in [9.17, 15) is 0 Å². The highest BCUT2D eigenvalue weighted by molar-refractivity contribution is 9.09. The predicted molar refractivity (Wildman–Crippen MR) is 49.3 cm³/mol. The van der Waals surface area contributed by atoms with Crippen LogP contribution in [-0.2, 0) is 0 Å². The molecule has 0 aromatic heterocycles. The van der Waals surface area contributed by atoms with Crippen LogP contribution in [0, 0.1) is 11.3 Å². The highest BCUT2D eigenvalue weighted by Crippen LogP contribution is 2.12. The van der Waals surface area contributed by atoms with E-state index in [0.717, 1.165) is 5.57 Å². The van der Waals surface area contributed by atoms with Gasteiger partial charge >= 0.3 is 0 Å². The summed E-state index contributed by atoms with van der Waals surface area (Å²) in [6.45, 7) is 0. The molecule has 0 aromatic carbocycles. The normalized spacial score (nSPS) is 22.2. The minimum atomic E-state index is 0.301. The molecule has 2 heteroatoms. The van der Waals surface area contributed by atoms with Crippen molar-refractivity contribution in [3.05, 3.63) is 36.0 Å². The van der Waals surface area contributed by atoms with Gasteiger partial charge in [-0.15, -0.1) is 0 Å². The van der Waals surface area contributed by atoms with Crippen LogP contribution in [0.1, 0.15) is 6.42 Å². The molecule has 0 saturated carbocycles. The summed E-state index contributed by atoms with van der Waals surface area (Å²) in [4.78, 5) is 0.301. The maximum absolute atomic E-state index is 8.42. The minimum absolute atomic E-state index is 0.301. The van der Waals surface area contributed by atoms with Crippen LogP contribution in [0.25, 0.3) is 0 Å². The van der Waals surface area contributed by atoms with Gasteiger partial charge in [-0.3, -0.25) is 0 Å². The first-order valence-corrected chi connectivity index (χ1v) is 4.31. The Morgan fingerprint density at radius 3 is 3.09 bits per heavy atom. The average Bonchev–Trinajstić information content (AvgIpc) is 2.17. The first-order valence-electron chi connectivity index (χ1n) is 3.39. The van der Waals surface area contributed by atoms with Crippen molar-refractivity contribution >= 4 is 15.9 Å². The molecule has 0 spiro atoms. The lowest BCUT2D eigenvalue weighted by molar-refractivity contribution is 1.27. The molecule has 0 heterocycles. The lowest BCUT2D eigenvalue weighted by Gasteiger charge is -1.91. The molecule has 1 aliphatic carbocycles. The summed E-state index contributed by atoms with van der Waals surface area (Å²) in [7, 11) is 0. The summed E-state index contributed by atoms with van der Waals surface area (Å²) < 4.78 is 0. The van der Waals surface area contributed by atoms with Crippen molar-refractivity contribution in [3.63, 3.8) is 0 Å². The largest absolute Gasteiger partial charge is 0.198 e. The highest BCUT2D eigenvalue weighted by Gasteiger charge is 1.96. The molecule has 0 aliphatic heterocycles. The van der Waals surface area contributed by atoms with E-state index in [1.165, 1.54) is 0 Å². The smallest absolute Gasteiger partial charge is 0.0669 e. The molecule has 1 nitrogen and oxygen atoms in total. The molecule has 11 heavy (non-hydrogen) atoms. The van der Waals surface area contributed by atoms with Gasteiger partial charge in [0, 0.05) is 0 Å². The summed E-state index contributed by atoms with van der Waals surface area (Å²) in [5, 5.41) is 8.42. The standard InChI is InChI=1S/C9H8BrN/c10-9-3-1-2-8(4-5-9)6-7-11/h1-5,9H,6H2. The van der Waals surface area contributed by atoms with Gasteiger partial charge in [0.15, 0.2) is 0 Å². The van der Waals surface area contributed by atoms with Gasteiger partial charge in [0.05, 0.1) is 17.3 Å². The Morgan fingerprint density at radius 1 is 1.55 bits per heavy atom. The fourth-order valence-corrected chi connectivity index (χ4v) is 1.16. The number of hydrogen-bond donors (Lipinski definition) is 0. The Bertz CT molecular complexity index is 255. The first-order chi connectivity index (χ1) is 5.33. The summed E-state index contributed by atoms with van der Waals surface area (Å²) in [5.41, 5.74) is 1.06. The van der Waals surface area contributed by atoms with E-state index in [4.69, 9.17) is 5.26 Å². The molecule has 0 N–H and O–H groups in total. The molecule has 0 radical (unpaired) electrons. The molecule has 0 fully saturated rings. The Morgan fingerprint density at radius 2 is 2.36 bits per heavy atom. The van der Waals surface area contributed by atoms with Crippen molar-refractivity contribution in [2.75, 3.05) is 0 Å². The molecular weight excluding hydrogens is 202 g/mol. The van der Waals surface area contributed by atoms with Crippen LogP contribution in [0.4, 0.5) is 0 Å². The number of allylic oxidation sites excluding steroid dienone is 6. The third-order valence-corrected chi connectivity index (χ3v) is 1.99. The molecule has 0 saturated heterocycles. The third kappa shape index (κ3) is 2.73. The Kier molecular flexibility index (Phi) is 3.13. The second-order valence-electron chi connectivity index (χ2n) is 2.26. The lowest BCUT2D eigenvalue weighted by atomic mass is 10.2. The van der Waals surface area contributed by atoms with Crippen molar-refractivity contribution in [2.45, 2.75) is 11.2 Å². The lowest BCUT2D eigenvalue weighted by Crippen LogP contribution is -1.81. The summed E-state index contributed by atoms with van der Waals surface area (Å²) in [6, 6.07) is 2.11. The maximum Gasteiger partial charge on any atom is 0.0669 e. The fourth-order valence-electron chi connectivity index (χ4n) is 0.830. The van der Waals surface area contributed by atoms with Crippen LogP contribution < -0.4 is 0 Å². The monoisotopic (exact) mass is 209 g/mol. The molecule has 1 unspecified atom stereocenters. The van der Waals surface area contributed by atoms with Crippen molar-refractivity contribution in [1.82, 2.24) is 0 Å². The zero-order chi connectivity index (χ0) is 8.10. The predicted octanol–water partition coefficient (Wildman–Crippen LogP) is 2.72. The zero-order valence-corrected chi connectivity index (χ0v) is 7.58. The van der Waals surface area contributed by atoms with E-state index in [1.54, 1.807) is 0 Å². The number of nitriles is 1. The van der Waals surface area contributed by atoms with Crippen molar-refractivity contribution < 1.29 is 0 Å². The Labute approximate surface area is 74.8 Å². The molecule has 1 aliphatic rings. The van der Waals surface area contributed by atoms with Crippen LogP contribution in [0.2, 0.25) is 0 Å². The molecule has 0 aromatic rings. The molecule has 1 rings (SSSR count). The number of hydrogen-bond acceptors (Lipinski definition) is 1. The van der Waals surface area contributed by atoms with Gasteiger partial charge in [-0.2, -0.15) is 5.26 Å². The topological polar surface area (TPSA) is 23.8 Å². The summed E-state index contributed by atoms with van der Waals surface area (Å²) in [5.74, 6) is 0. The van der Waals surface area contributed by atoms with Gasteiger partial charge in [-0.1, -0.05) is 46.3 Å². The van der Waals surface area contributed by atoms with Crippen LogP contribution in [0.15, 0.2) is 36.0 Å². The Hall–Kier alpha value is -0.810. The van der Waals surface area contributed by atoms with Gasteiger partial charge in [0.2, 0.25) is 0 Å². The van der Waals surface area contributed by atoms with Crippen LogP contribution in [0.3, 0.4) is 0 Å². The van der Waals surface area contributed by atoms with Gasteiger partial charge in [0.25, 0.3) is 0 Å². The van der Waals surface area contributed by atoms with Crippen molar-refractivity contribution in [3.8, 4) is 6.07 Å². The molecule has 56 valence electrons. The minimum Gasteiger partial charge on any atom is -0.198 e. The number of rotatable bonds is 1. The fraction of sp³-hybridized carbons (Fsp3) is 0.222. The van der Waals surface area contributed by atoms with Gasteiger partial charge < -0.3 is 0 Å². The van der Waals surface area contributed by atoms with E-state index in [1.807, 2.05) is 30.4 Å². The highest BCUT2D eigenvalue weighted by atomic mass is 79.9.